The van der Waals surface area contributed by atoms with Crippen LogP contribution in [0.15, 0.2) is 48.5 Å². The Morgan fingerprint density at radius 3 is 2.81 bits per heavy atom. The summed E-state index contributed by atoms with van der Waals surface area (Å²) >= 11 is 0. The van der Waals surface area contributed by atoms with Crippen molar-refractivity contribution in [3.05, 3.63) is 59.9 Å². The van der Waals surface area contributed by atoms with E-state index in [1.807, 2.05) is 25.1 Å². The monoisotopic (exact) mass is 356 g/mol. The van der Waals surface area contributed by atoms with Crippen LogP contribution in [-0.2, 0) is 4.79 Å². The van der Waals surface area contributed by atoms with E-state index in [1.165, 1.54) is 6.07 Å². The van der Waals surface area contributed by atoms with E-state index in [0.29, 0.717) is 18.1 Å². The van der Waals surface area contributed by atoms with Gasteiger partial charge in [0.1, 0.15) is 5.75 Å². The van der Waals surface area contributed by atoms with E-state index >= 15 is 0 Å². The largest absolute Gasteiger partial charge is 0.454 e. The Balaban J connectivity index is 1.54. The molecule has 4 nitrogen and oxygen atoms in total. The van der Waals surface area contributed by atoms with Crippen LogP contribution in [0.4, 0.5) is 4.39 Å². The molecule has 26 heavy (non-hydrogen) atoms. The molecule has 0 spiro atoms. The van der Waals surface area contributed by atoms with Crippen molar-refractivity contribution < 1.29 is 13.9 Å². The van der Waals surface area contributed by atoms with Crippen LogP contribution in [0.1, 0.15) is 37.8 Å². The Morgan fingerprint density at radius 1 is 1.31 bits per heavy atom. The zero-order chi connectivity index (χ0) is 18.4. The van der Waals surface area contributed by atoms with Gasteiger partial charge in [-0.3, -0.25) is 4.79 Å². The highest BCUT2D eigenvalue weighted by atomic mass is 19.1. The molecule has 2 aromatic rings. The lowest BCUT2D eigenvalue weighted by molar-refractivity contribution is -0.122. The summed E-state index contributed by atoms with van der Waals surface area (Å²) in [6, 6.07) is 13.7. The van der Waals surface area contributed by atoms with Gasteiger partial charge in [0.05, 0.1) is 6.04 Å². The molecule has 5 heteroatoms. The molecular weight excluding hydrogens is 331 g/mol. The summed E-state index contributed by atoms with van der Waals surface area (Å²) in [4.78, 5) is 12.1. The van der Waals surface area contributed by atoms with Crippen LogP contribution in [0.2, 0.25) is 0 Å². The fourth-order valence-corrected chi connectivity index (χ4v) is 3.18. The number of hydrogen-bond donors (Lipinski definition) is 2. The maximum Gasteiger partial charge on any atom is 0.220 e. The van der Waals surface area contributed by atoms with Crippen molar-refractivity contribution in [2.45, 2.75) is 32.2 Å². The molecule has 1 aliphatic heterocycles. The molecule has 0 bridgehead atoms. The van der Waals surface area contributed by atoms with Crippen LogP contribution in [0, 0.1) is 11.7 Å². The maximum absolute atomic E-state index is 14.3. The van der Waals surface area contributed by atoms with Crippen molar-refractivity contribution >= 4 is 5.91 Å². The minimum Gasteiger partial charge on any atom is -0.454 e. The Bertz CT molecular complexity index is 730. The number of halogens is 1. The normalized spacial score (nSPS) is 17.7. The second-order valence-electron chi connectivity index (χ2n) is 6.79. The summed E-state index contributed by atoms with van der Waals surface area (Å²) in [5.74, 6) is 0.913. The third-order valence-corrected chi connectivity index (χ3v) is 4.75. The lowest BCUT2D eigenvalue weighted by Gasteiger charge is -2.16. The lowest BCUT2D eigenvalue weighted by atomic mass is 10.0. The van der Waals surface area contributed by atoms with Crippen molar-refractivity contribution in [1.82, 2.24) is 10.6 Å². The third kappa shape index (κ3) is 5.05. The Morgan fingerprint density at radius 2 is 2.12 bits per heavy atom. The van der Waals surface area contributed by atoms with E-state index in [2.05, 4.69) is 10.6 Å². The van der Waals surface area contributed by atoms with Crippen molar-refractivity contribution in [3.8, 4) is 11.5 Å². The zero-order valence-corrected chi connectivity index (χ0v) is 15.0. The molecule has 1 aliphatic rings. The molecule has 2 unspecified atom stereocenters. The fourth-order valence-electron chi connectivity index (χ4n) is 3.18. The van der Waals surface area contributed by atoms with Gasteiger partial charge in [-0.05, 0) is 68.6 Å². The van der Waals surface area contributed by atoms with Gasteiger partial charge in [-0.15, -0.1) is 0 Å². The molecule has 2 N–H and O–H groups in total. The van der Waals surface area contributed by atoms with E-state index in [9.17, 15) is 9.18 Å². The van der Waals surface area contributed by atoms with Gasteiger partial charge in [0, 0.05) is 6.42 Å². The van der Waals surface area contributed by atoms with Crippen LogP contribution in [0.3, 0.4) is 0 Å². The van der Waals surface area contributed by atoms with Gasteiger partial charge in [0.15, 0.2) is 11.6 Å². The van der Waals surface area contributed by atoms with Crippen LogP contribution in [-0.4, -0.2) is 19.0 Å². The Labute approximate surface area is 153 Å². The average Bonchev–Trinajstić information content (AvgIpc) is 3.16. The van der Waals surface area contributed by atoms with Crippen molar-refractivity contribution in [2.24, 2.45) is 5.92 Å². The second kappa shape index (κ2) is 8.81. The number of hydrogen-bond acceptors (Lipinski definition) is 3. The molecule has 1 fully saturated rings. The smallest absolute Gasteiger partial charge is 0.220 e. The average molecular weight is 356 g/mol. The number of carbonyl (C=O) groups excluding carboxylic acids is 1. The van der Waals surface area contributed by atoms with Crippen molar-refractivity contribution in [3.63, 3.8) is 0 Å². The first kappa shape index (κ1) is 18.4. The molecule has 138 valence electrons. The van der Waals surface area contributed by atoms with E-state index < -0.39 is 5.82 Å². The molecule has 0 radical (unpaired) electrons. The topological polar surface area (TPSA) is 50.4 Å². The number of ether oxygens (including phenoxy) is 1. The highest BCUT2D eigenvalue weighted by molar-refractivity contribution is 5.76. The predicted molar refractivity (Wildman–Crippen MR) is 99.7 cm³/mol. The highest BCUT2D eigenvalue weighted by Gasteiger charge is 2.17. The molecule has 0 aliphatic carbocycles. The minimum atomic E-state index is -0.440. The predicted octanol–water partition coefficient (Wildman–Crippen LogP) is 4.18. The molecular formula is C21H25FN2O2. The molecule has 0 aromatic heterocycles. The number of rotatable bonds is 7. The van der Waals surface area contributed by atoms with E-state index in [-0.39, 0.29) is 17.7 Å². The first-order valence-electron chi connectivity index (χ1n) is 9.14. The summed E-state index contributed by atoms with van der Waals surface area (Å²) in [7, 11) is 0. The lowest BCUT2D eigenvalue weighted by Crippen LogP contribution is -2.27. The Hall–Kier alpha value is -2.40. The SMILES string of the molecule is CC(NC(=O)CCC1CCNC1)c1ccc(Oc2ccccc2)c(F)c1. The zero-order valence-electron chi connectivity index (χ0n) is 15.0. The number of carbonyl (C=O) groups is 1. The van der Waals surface area contributed by atoms with Crippen LogP contribution in [0.5, 0.6) is 11.5 Å². The quantitative estimate of drug-likeness (QED) is 0.782. The van der Waals surface area contributed by atoms with Crippen LogP contribution in [0.25, 0.3) is 0 Å². The van der Waals surface area contributed by atoms with Gasteiger partial charge in [-0.25, -0.2) is 4.39 Å². The number of benzene rings is 2. The Kier molecular flexibility index (Phi) is 6.23. The van der Waals surface area contributed by atoms with E-state index in [4.69, 9.17) is 4.74 Å². The molecule has 1 saturated heterocycles. The minimum absolute atomic E-state index is 0.00872. The molecule has 2 aromatic carbocycles. The van der Waals surface area contributed by atoms with E-state index in [0.717, 1.165) is 31.5 Å². The summed E-state index contributed by atoms with van der Waals surface area (Å²) in [6.45, 7) is 3.90. The van der Waals surface area contributed by atoms with Crippen molar-refractivity contribution in [2.75, 3.05) is 13.1 Å². The molecule has 2 atom stereocenters. The van der Waals surface area contributed by atoms with E-state index in [1.54, 1.807) is 24.3 Å². The summed E-state index contributed by atoms with van der Waals surface area (Å²) in [6.07, 6.45) is 2.54. The van der Waals surface area contributed by atoms with Crippen molar-refractivity contribution in [1.29, 1.82) is 0 Å². The first-order valence-corrected chi connectivity index (χ1v) is 9.14. The number of nitrogens with one attached hydrogen (secondary N) is 2. The molecule has 0 saturated carbocycles. The molecule has 1 heterocycles. The van der Waals surface area contributed by atoms with Gasteiger partial charge < -0.3 is 15.4 Å². The highest BCUT2D eigenvalue weighted by Crippen LogP contribution is 2.27. The summed E-state index contributed by atoms with van der Waals surface area (Å²) < 4.78 is 19.9. The van der Waals surface area contributed by atoms with Gasteiger partial charge in [0.25, 0.3) is 0 Å². The second-order valence-corrected chi connectivity index (χ2v) is 6.79. The molecule has 3 rings (SSSR count). The third-order valence-electron chi connectivity index (χ3n) is 4.75. The van der Waals surface area contributed by atoms with Gasteiger partial charge in [-0.2, -0.15) is 0 Å². The van der Waals surface area contributed by atoms with Gasteiger partial charge >= 0.3 is 0 Å². The fraction of sp³-hybridized carbons (Fsp3) is 0.381. The van der Waals surface area contributed by atoms with Gasteiger partial charge in [0.2, 0.25) is 5.91 Å². The van der Waals surface area contributed by atoms with Crippen LogP contribution >= 0.6 is 0 Å². The number of para-hydroxylation sites is 1. The summed E-state index contributed by atoms with van der Waals surface area (Å²) in [5, 5.41) is 6.26. The maximum atomic E-state index is 14.3. The molecule has 1 amide bonds. The van der Waals surface area contributed by atoms with Gasteiger partial charge in [-0.1, -0.05) is 24.3 Å². The first-order chi connectivity index (χ1) is 12.6. The standard InChI is InChI=1S/C21H25FN2O2/c1-15(24-21(25)10-7-16-11-12-23-14-16)17-8-9-20(19(22)13-17)26-18-5-3-2-4-6-18/h2-6,8-9,13,15-16,23H,7,10-12,14H2,1H3,(H,24,25). The summed E-state index contributed by atoms with van der Waals surface area (Å²) in [5.41, 5.74) is 0.721. The van der Waals surface area contributed by atoms with Crippen LogP contribution < -0.4 is 15.4 Å². The number of amides is 1.